The second-order valence-electron chi connectivity index (χ2n) is 4.62. The van der Waals surface area contributed by atoms with Gasteiger partial charge in [0.05, 0.1) is 6.54 Å². The Bertz CT molecular complexity index is 371. The second-order valence-corrected chi connectivity index (χ2v) is 4.62. The minimum atomic E-state index is -0.411. The van der Waals surface area contributed by atoms with Crippen molar-refractivity contribution in [3.63, 3.8) is 0 Å². The van der Waals surface area contributed by atoms with E-state index in [1.54, 1.807) is 7.05 Å². The van der Waals surface area contributed by atoms with Gasteiger partial charge in [0.15, 0.2) is 0 Å². The molecule has 2 fully saturated rings. The lowest BCUT2D eigenvalue weighted by Gasteiger charge is -2.12. The minimum absolute atomic E-state index is 0.0819. The fourth-order valence-corrected chi connectivity index (χ4v) is 2.09. The molecule has 0 aliphatic carbocycles. The van der Waals surface area contributed by atoms with Crippen LogP contribution >= 0.6 is 0 Å². The van der Waals surface area contributed by atoms with Crippen LogP contribution in [0.15, 0.2) is 0 Å². The molecular formula is C11H17N3O4. The SMILES string of the molecule is CN1CC(CCNC(=O)C2CCC(=O)N2)OC1=O. The molecule has 0 aromatic carbocycles. The van der Waals surface area contributed by atoms with Crippen LogP contribution < -0.4 is 10.6 Å². The smallest absolute Gasteiger partial charge is 0.409 e. The number of hydrogen-bond donors (Lipinski definition) is 2. The van der Waals surface area contributed by atoms with Crippen LogP contribution in [0.4, 0.5) is 4.79 Å². The van der Waals surface area contributed by atoms with Gasteiger partial charge in [0, 0.05) is 26.4 Å². The molecule has 2 heterocycles. The Labute approximate surface area is 105 Å². The van der Waals surface area contributed by atoms with E-state index in [0.717, 1.165) is 0 Å². The summed E-state index contributed by atoms with van der Waals surface area (Å²) in [6, 6.07) is -0.411. The van der Waals surface area contributed by atoms with E-state index in [4.69, 9.17) is 4.74 Å². The quantitative estimate of drug-likeness (QED) is 0.690. The van der Waals surface area contributed by atoms with Gasteiger partial charge in [-0.25, -0.2) is 4.79 Å². The molecule has 7 heteroatoms. The van der Waals surface area contributed by atoms with Crippen molar-refractivity contribution in [2.75, 3.05) is 20.1 Å². The predicted octanol–water partition coefficient (Wildman–Crippen LogP) is -0.778. The van der Waals surface area contributed by atoms with Crippen molar-refractivity contribution in [1.82, 2.24) is 15.5 Å². The van der Waals surface area contributed by atoms with Gasteiger partial charge in [-0.2, -0.15) is 0 Å². The standard InChI is InChI=1S/C11H17N3O4/c1-14-6-7(18-11(14)17)4-5-12-10(16)8-2-3-9(15)13-8/h7-8H,2-6H2,1H3,(H,12,16)(H,13,15). The summed E-state index contributed by atoms with van der Waals surface area (Å²) < 4.78 is 5.06. The molecule has 2 unspecified atom stereocenters. The van der Waals surface area contributed by atoms with Crippen molar-refractivity contribution < 1.29 is 19.1 Å². The van der Waals surface area contributed by atoms with Gasteiger partial charge in [-0.05, 0) is 6.42 Å². The highest BCUT2D eigenvalue weighted by Gasteiger charge is 2.29. The first-order chi connectivity index (χ1) is 8.56. The number of amides is 3. The monoisotopic (exact) mass is 255 g/mol. The van der Waals surface area contributed by atoms with Gasteiger partial charge in [-0.15, -0.1) is 0 Å². The topological polar surface area (TPSA) is 87.7 Å². The zero-order valence-corrected chi connectivity index (χ0v) is 10.3. The lowest BCUT2D eigenvalue weighted by Crippen LogP contribution is -2.42. The Kier molecular flexibility index (Phi) is 3.69. The maximum atomic E-state index is 11.6. The van der Waals surface area contributed by atoms with E-state index in [1.807, 2.05) is 0 Å². The van der Waals surface area contributed by atoms with Crippen LogP contribution in [0.3, 0.4) is 0 Å². The highest BCUT2D eigenvalue weighted by atomic mass is 16.6. The molecule has 7 nitrogen and oxygen atoms in total. The Morgan fingerprint density at radius 2 is 2.33 bits per heavy atom. The van der Waals surface area contributed by atoms with Gasteiger partial charge in [0.25, 0.3) is 0 Å². The number of nitrogens with one attached hydrogen (secondary N) is 2. The van der Waals surface area contributed by atoms with E-state index < -0.39 is 6.04 Å². The predicted molar refractivity (Wildman–Crippen MR) is 61.7 cm³/mol. The van der Waals surface area contributed by atoms with Crippen LogP contribution in [0.25, 0.3) is 0 Å². The molecule has 0 aromatic heterocycles. The summed E-state index contributed by atoms with van der Waals surface area (Å²) in [6.07, 6.45) is 1.05. The van der Waals surface area contributed by atoms with Crippen LogP contribution in [-0.4, -0.2) is 55.1 Å². The minimum Gasteiger partial charge on any atom is -0.444 e. The van der Waals surface area contributed by atoms with Crippen LogP contribution in [0.1, 0.15) is 19.3 Å². The van der Waals surface area contributed by atoms with Crippen LogP contribution in [0.2, 0.25) is 0 Å². The molecule has 0 bridgehead atoms. The van der Waals surface area contributed by atoms with Gasteiger partial charge in [0.2, 0.25) is 11.8 Å². The van der Waals surface area contributed by atoms with E-state index in [2.05, 4.69) is 10.6 Å². The molecular weight excluding hydrogens is 238 g/mol. The molecule has 0 spiro atoms. The van der Waals surface area contributed by atoms with E-state index in [-0.39, 0.29) is 24.0 Å². The fourth-order valence-electron chi connectivity index (χ4n) is 2.09. The molecule has 0 aromatic rings. The van der Waals surface area contributed by atoms with Crippen molar-refractivity contribution in [2.45, 2.75) is 31.4 Å². The zero-order chi connectivity index (χ0) is 13.1. The normalized spacial score (nSPS) is 27.1. The number of hydrogen-bond acceptors (Lipinski definition) is 4. The third-order valence-corrected chi connectivity index (χ3v) is 3.13. The van der Waals surface area contributed by atoms with Crippen LogP contribution in [0, 0.1) is 0 Å². The Hall–Kier alpha value is -1.79. The molecule has 2 aliphatic heterocycles. The Balaban J connectivity index is 1.65. The highest BCUT2D eigenvalue weighted by molar-refractivity contribution is 5.90. The van der Waals surface area contributed by atoms with Gasteiger partial charge in [-0.1, -0.05) is 0 Å². The Morgan fingerprint density at radius 3 is 2.89 bits per heavy atom. The largest absolute Gasteiger partial charge is 0.444 e. The molecule has 2 rings (SSSR count). The lowest BCUT2D eigenvalue weighted by molar-refractivity contribution is -0.125. The van der Waals surface area contributed by atoms with Crippen molar-refractivity contribution in [3.8, 4) is 0 Å². The molecule has 100 valence electrons. The molecule has 0 radical (unpaired) electrons. The van der Waals surface area contributed by atoms with Gasteiger partial charge >= 0.3 is 6.09 Å². The summed E-state index contributed by atoms with van der Waals surface area (Å²) in [5.74, 6) is -0.250. The maximum absolute atomic E-state index is 11.6. The number of rotatable bonds is 4. The number of likely N-dealkylation sites (N-methyl/N-ethyl adjacent to an activating group) is 1. The van der Waals surface area contributed by atoms with Gasteiger partial charge in [0.1, 0.15) is 12.1 Å². The van der Waals surface area contributed by atoms with E-state index in [9.17, 15) is 14.4 Å². The van der Waals surface area contributed by atoms with Crippen molar-refractivity contribution in [3.05, 3.63) is 0 Å². The summed E-state index contributed by atoms with van der Waals surface area (Å²) in [4.78, 5) is 35.2. The molecule has 2 atom stereocenters. The summed E-state index contributed by atoms with van der Waals surface area (Å²) in [5, 5.41) is 5.34. The lowest BCUT2D eigenvalue weighted by atomic mass is 10.2. The van der Waals surface area contributed by atoms with Gasteiger partial charge < -0.3 is 20.3 Å². The maximum Gasteiger partial charge on any atom is 0.409 e. The number of ether oxygens (including phenoxy) is 1. The van der Waals surface area contributed by atoms with Crippen LogP contribution in [-0.2, 0) is 14.3 Å². The van der Waals surface area contributed by atoms with E-state index in [1.165, 1.54) is 4.90 Å². The summed E-state index contributed by atoms with van der Waals surface area (Å²) >= 11 is 0. The number of cyclic esters (lactones) is 1. The molecule has 0 saturated carbocycles. The average Bonchev–Trinajstić information content (AvgIpc) is 2.87. The van der Waals surface area contributed by atoms with Crippen LogP contribution in [0.5, 0.6) is 0 Å². The number of carbonyl (C=O) groups excluding carboxylic acids is 3. The number of carbonyl (C=O) groups is 3. The third kappa shape index (κ3) is 2.91. The molecule has 18 heavy (non-hydrogen) atoms. The van der Waals surface area contributed by atoms with Crippen molar-refractivity contribution in [2.24, 2.45) is 0 Å². The first-order valence-electron chi connectivity index (χ1n) is 6.05. The third-order valence-electron chi connectivity index (χ3n) is 3.13. The summed E-state index contributed by atoms with van der Waals surface area (Å²) in [5.41, 5.74) is 0. The van der Waals surface area contributed by atoms with Crippen molar-refractivity contribution >= 4 is 17.9 Å². The summed E-state index contributed by atoms with van der Waals surface area (Å²) in [7, 11) is 1.68. The van der Waals surface area contributed by atoms with Gasteiger partial charge in [-0.3, -0.25) is 9.59 Å². The first-order valence-corrected chi connectivity index (χ1v) is 6.05. The van der Waals surface area contributed by atoms with E-state index >= 15 is 0 Å². The highest BCUT2D eigenvalue weighted by Crippen LogP contribution is 2.11. The first kappa shape index (κ1) is 12.7. The summed E-state index contributed by atoms with van der Waals surface area (Å²) in [6.45, 7) is 0.992. The van der Waals surface area contributed by atoms with Crippen molar-refractivity contribution in [1.29, 1.82) is 0 Å². The number of nitrogens with zero attached hydrogens (tertiary/aromatic N) is 1. The zero-order valence-electron chi connectivity index (χ0n) is 10.3. The molecule has 2 aliphatic rings. The molecule has 3 amide bonds. The van der Waals surface area contributed by atoms with E-state index in [0.29, 0.717) is 32.4 Å². The average molecular weight is 255 g/mol. The second kappa shape index (κ2) is 5.24. The fraction of sp³-hybridized carbons (Fsp3) is 0.727. The Morgan fingerprint density at radius 1 is 1.56 bits per heavy atom. The molecule has 2 saturated heterocycles. The molecule has 2 N–H and O–H groups in total.